The summed E-state index contributed by atoms with van der Waals surface area (Å²) < 4.78 is 51.9. The van der Waals surface area contributed by atoms with Gasteiger partial charge >= 0.3 is 27.6 Å². The van der Waals surface area contributed by atoms with E-state index in [0.29, 0.717) is 12.8 Å². The molecule has 2 rings (SSSR count). The summed E-state index contributed by atoms with van der Waals surface area (Å²) in [6.07, 6.45) is 2.86. The Hall–Kier alpha value is -1.90. The monoisotopic (exact) mass is 986 g/mol. The lowest BCUT2D eigenvalue weighted by atomic mass is 9.83. The summed E-state index contributed by atoms with van der Waals surface area (Å²) in [5, 5.41) is 79.3. The molecular formula is C45H80O19P2. The number of phosphoric ester groups is 2. The molecule has 13 atom stereocenters. The molecule has 1 aliphatic carbocycles. The number of carbonyl (C=O) groups is 2. The van der Waals surface area contributed by atoms with Crippen molar-refractivity contribution in [3.8, 4) is 0 Å². The van der Waals surface area contributed by atoms with Crippen LogP contribution in [0.3, 0.4) is 0 Å². The smallest absolute Gasteiger partial charge is 0.461 e. The molecule has 0 amide bonds. The maximum absolute atomic E-state index is 13.7. The van der Waals surface area contributed by atoms with E-state index in [4.69, 9.17) is 23.0 Å². The number of aliphatic hydroxyl groups is 7. The molecular weight excluding hydrogens is 906 g/mol. The van der Waals surface area contributed by atoms with E-state index in [0.717, 1.165) is 63.9 Å². The average molecular weight is 987 g/mol. The minimum Gasteiger partial charge on any atom is -0.461 e. The van der Waals surface area contributed by atoms with Gasteiger partial charge in [0.1, 0.15) is 31.0 Å². The number of phosphoric acid groups is 2. The van der Waals surface area contributed by atoms with Gasteiger partial charge in [0.25, 0.3) is 0 Å². The molecule has 0 saturated heterocycles. The highest BCUT2D eigenvalue weighted by molar-refractivity contribution is 7.47. The third-order valence-electron chi connectivity index (χ3n) is 11.8. The van der Waals surface area contributed by atoms with Gasteiger partial charge in [-0.05, 0) is 38.5 Å². The number of fused-ring (bicyclic) bond motifs is 4. The third kappa shape index (κ3) is 24.6. The number of unbranched alkanes of at least 4 members (excludes halogenated alkanes) is 13. The van der Waals surface area contributed by atoms with Crippen LogP contribution >= 0.6 is 15.6 Å². The Balaban J connectivity index is 2.31. The van der Waals surface area contributed by atoms with Crippen molar-refractivity contribution >= 4 is 27.6 Å². The van der Waals surface area contributed by atoms with Crippen molar-refractivity contribution in [2.24, 2.45) is 11.8 Å². The summed E-state index contributed by atoms with van der Waals surface area (Å²) in [6, 6.07) is 0. The quantitative estimate of drug-likeness (QED) is 0.0260. The first-order chi connectivity index (χ1) is 31.3. The van der Waals surface area contributed by atoms with Crippen LogP contribution in [0.25, 0.3) is 0 Å². The normalized spacial score (nSPS) is 32.2. The highest BCUT2D eigenvalue weighted by Gasteiger charge is 2.51. The number of rotatable bonds is 24. The van der Waals surface area contributed by atoms with Gasteiger partial charge in [-0.25, -0.2) is 9.13 Å². The third-order valence-corrected chi connectivity index (χ3v) is 13.3. The van der Waals surface area contributed by atoms with Crippen LogP contribution in [0.1, 0.15) is 149 Å². The molecule has 21 heteroatoms. The van der Waals surface area contributed by atoms with Gasteiger partial charge in [0.2, 0.25) is 0 Å². The average Bonchev–Trinajstić information content (AvgIpc) is 3.25. The Morgan fingerprint density at radius 3 is 2.09 bits per heavy atom. The van der Waals surface area contributed by atoms with Crippen LogP contribution in [0, 0.1) is 11.8 Å². The van der Waals surface area contributed by atoms with E-state index in [9.17, 15) is 69.1 Å². The lowest BCUT2D eigenvalue weighted by Crippen LogP contribution is -2.56. The summed E-state index contributed by atoms with van der Waals surface area (Å²) in [4.78, 5) is 56.6. The number of esters is 2. The highest BCUT2D eigenvalue weighted by Crippen LogP contribution is 2.50. The topological polar surface area (TPSA) is 317 Å². The zero-order valence-corrected chi connectivity index (χ0v) is 40.5. The van der Waals surface area contributed by atoms with E-state index in [1.807, 2.05) is 6.92 Å². The second-order valence-electron chi connectivity index (χ2n) is 17.4. The standard InChI is InChI=1S/C45H80O19P2/c1-3-5-7-8-9-10-11-12-13-14-15-16-17-18-20-26-39(50)62-33-30-60-38(49)25-22-21-24-34-36(47)29-37(48)35(28-27-32(46)23-19-6-4-2)41(52)44(63-65(55,56)57)45(43(54)42(53)40(34)51)64-66(58,59)61-31-33/h5,7,21-22,27-28,32-37,40-48,51-54H,3-4,6,8-20,23-26,29-31H2,1-2H3,(H,58,59)(H2,55,56,57)/b7-5-,22-21-,28-27+/t32-,33-,34-,35+,36+,37-,40-,41-,42+,43-,44-,45+/m1/s1. The molecule has 19 nitrogen and oxygen atoms in total. The summed E-state index contributed by atoms with van der Waals surface area (Å²) in [5.74, 6) is -4.75. The predicted octanol–water partition coefficient (Wildman–Crippen LogP) is 5.11. The molecule has 2 bridgehead atoms. The van der Waals surface area contributed by atoms with E-state index < -0.39 is 120 Å². The minimum absolute atomic E-state index is 0.0358. The Morgan fingerprint density at radius 2 is 1.47 bits per heavy atom. The first-order valence-electron chi connectivity index (χ1n) is 23.8. The molecule has 1 heterocycles. The molecule has 2 aliphatic rings. The lowest BCUT2D eigenvalue weighted by Gasteiger charge is -2.38. The van der Waals surface area contributed by atoms with Crippen LogP contribution in [-0.4, -0.2) is 137 Å². The maximum atomic E-state index is 13.7. The Labute approximate surface area is 390 Å². The number of hydrogen-bond acceptors (Lipinski definition) is 16. The molecule has 0 aromatic heterocycles. The Kier molecular flexibility index (Phi) is 30.0. The molecule has 1 fully saturated rings. The fourth-order valence-electron chi connectivity index (χ4n) is 8.00. The van der Waals surface area contributed by atoms with Crippen molar-refractivity contribution < 1.29 is 92.2 Å². The second kappa shape index (κ2) is 32.8. The Morgan fingerprint density at radius 1 is 0.833 bits per heavy atom. The Bertz CT molecular complexity index is 1540. The maximum Gasteiger partial charge on any atom is 0.472 e. The predicted molar refractivity (Wildman–Crippen MR) is 243 cm³/mol. The first kappa shape index (κ1) is 60.2. The summed E-state index contributed by atoms with van der Waals surface area (Å²) in [5.41, 5.74) is 0. The van der Waals surface area contributed by atoms with Gasteiger partial charge in [-0.15, -0.1) is 0 Å². The molecule has 1 aliphatic heterocycles. The highest BCUT2D eigenvalue weighted by atomic mass is 31.2. The van der Waals surface area contributed by atoms with E-state index in [1.54, 1.807) is 0 Å². The minimum atomic E-state index is -5.76. The number of ether oxygens (including phenoxy) is 2. The fourth-order valence-corrected chi connectivity index (χ4v) is 9.53. The van der Waals surface area contributed by atoms with Crippen molar-refractivity contribution in [1.82, 2.24) is 0 Å². The van der Waals surface area contributed by atoms with Crippen LogP contribution in [0.2, 0.25) is 0 Å². The second-order valence-corrected chi connectivity index (χ2v) is 20.0. The van der Waals surface area contributed by atoms with Crippen molar-refractivity contribution in [3.63, 3.8) is 0 Å². The van der Waals surface area contributed by atoms with Gasteiger partial charge in [0.05, 0.1) is 43.5 Å². The fraction of sp³-hybridized carbons (Fsp3) is 0.822. The van der Waals surface area contributed by atoms with Crippen LogP contribution in [0.5, 0.6) is 0 Å². The van der Waals surface area contributed by atoms with E-state index >= 15 is 0 Å². The van der Waals surface area contributed by atoms with Crippen molar-refractivity contribution in [2.45, 2.75) is 210 Å². The number of hydrogen-bond donors (Lipinski definition) is 10. The van der Waals surface area contributed by atoms with Crippen LogP contribution in [-0.2, 0) is 41.8 Å². The van der Waals surface area contributed by atoms with Crippen LogP contribution in [0.4, 0.5) is 0 Å². The molecule has 10 N–H and O–H groups in total. The summed E-state index contributed by atoms with van der Waals surface area (Å²) in [6.45, 7) is 2.44. The van der Waals surface area contributed by atoms with E-state index in [1.165, 1.54) is 50.3 Å². The molecule has 0 radical (unpaired) electrons. The number of carbonyl (C=O) groups excluding carboxylic acids is 2. The number of cyclic esters (lactones) is 1. The van der Waals surface area contributed by atoms with Crippen molar-refractivity contribution in [1.29, 1.82) is 0 Å². The van der Waals surface area contributed by atoms with Gasteiger partial charge in [-0.3, -0.25) is 23.2 Å². The van der Waals surface area contributed by atoms with Gasteiger partial charge in [0.15, 0.2) is 6.10 Å². The molecule has 0 aromatic rings. The molecule has 1 unspecified atom stereocenters. The summed E-state index contributed by atoms with van der Waals surface area (Å²) in [7, 11) is -11.4. The zero-order valence-electron chi connectivity index (χ0n) is 38.7. The van der Waals surface area contributed by atoms with Crippen molar-refractivity contribution in [2.75, 3.05) is 13.2 Å². The molecule has 0 spiro atoms. The van der Waals surface area contributed by atoms with E-state index in [-0.39, 0.29) is 25.7 Å². The van der Waals surface area contributed by atoms with E-state index in [2.05, 4.69) is 19.1 Å². The molecule has 0 aromatic carbocycles. The SMILES string of the molecule is CC/C=C\CCCCCCCCCCCCCC(=O)O[C@@H]1COC(=O)C/C=C\C[C@H]2[C@@H](O)[C@H](O)[C@@H](O)[C@H](OP(=O)(O)OC1)[C@H](OP(=O)(O)O)[C@H](O)[C@@H](/C=C/[C@H](O)CCCCC)[C@H](O)C[C@@H]2O. The van der Waals surface area contributed by atoms with Gasteiger partial charge in [-0.1, -0.05) is 127 Å². The van der Waals surface area contributed by atoms with Crippen molar-refractivity contribution in [3.05, 3.63) is 36.5 Å². The molecule has 66 heavy (non-hydrogen) atoms. The number of allylic oxidation sites excluding steroid dienone is 3. The van der Waals surface area contributed by atoms with Crippen LogP contribution < -0.4 is 0 Å². The van der Waals surface area contributed by atoms with Crippen LogP contribution in [0.15, 0.2) is 36.5 Å². The largest absolute Gasteiger partial charge is 0.472 e. The van der Waals surface area contributed by atoms with Gasteiger partial charge in [-0.2, -0.15) is 0 Å². The van der Waals surface area contributed by atoms with Gasteiger partial charge < -0.3 is 59.9 Å². The van der Waals surface area contributed by atoms with Gasteiger partial charge in [0, 0.05) is 24.7 Å². The zero-order chi connectivity index (χ0) is 49.1. The molecule has 1 saturated carbocycles. The lowest BCUT2D eigenvalue weighted by molar-refractivity contribution is -0.165. The first-order valence-corrected chi connectivity index (χ1v) is 26.8. The summed E-state index contributed by atoms with van der Waals surface area (Å²) >= 11 is 0. The molecule has 384 valence electrons. The number of aliphatic hydroxyl groups excluding tert-OH is 7.